The molecule has 0 atom stereocenters. The lowest BCUT2D eigenvalue weighted by Crippen LogP contribution is -2.07. The molecule has 16 heavy (non-hydrogen) atoms. The molecule has 4 nitrogen and oxygen atoms in total. The molecule has 0 N–H and O–H groups in total. The zero-order chi connectivity index (χ0) is 12.3. The lowest BCUT2D eigenvalue weighted by Gasteiger charge is -2.11. The van der Waals surface area contributed by atoms with Crippen molar-refractivity contribution in [3.63, 3.8) is 0 Å². The van der Waals surface area contributed by atoms with Crippen molar-refractivity contribution < 1.29 is 26.7 Å². The van der Waals surface area contributed by atoms with Gasteiger partial charge in [-0.1, -0.05) is 6.07 Å². The van der Waals surface area contributed by atoms with E-state index in [0.717, 1.165) is 6.07 Å². The fourth-order valence-electron chi connectivity index (χ4n) is 1.09. The number of methoxy groups -OCH3 is 1. The predicted molar refractivity (Wildman–Crippen MR) is 52.7 cm³/mol. The van der Waals surface area contributed by atoms with E-state index >= 15 is 0 Å². The molecule has 90 valence electrons. The van der Waals surface area contributed by atoms with Crippen molar-refractivity contribution >= 4 is 19.7 Å². The van der Waals surface area contributed by atoms with Crippen LogP contribution in [0, 0.1) is 0 Å². The lowest BCUT2D eigenvalue weighted by atomic mass is 10.3. The van der Waals surface area contributed by atoms with Crippen LogP contribution in [0.5, 0.6) is 11.5 Å². The standard InChI is InChI=1S/C8H7ClF2O4S/c1-14-5-3-2-4-6(15-8(10)11)7(5)16(9,12)13/h2-4,8H,1H3. The molecule has 0 bridgehead atoms. The molecule has 0 amide bonds. The molecule has 0 heterocycles. The van der Waals surface area contributed by atoms with Crippen molar-refractivity contribution in [3.05, 3.63) is 18.2 Å². The summed E-state index contributed by atoms with van der Waals surface area (Å²) >= 11 is 0. The molecule has 8 heteroatoms. The summed E-state index contributed by atoms with van der Waals surface area (Å²) in [6, 6.07) is 3.64. The van der Waals surface area contributed by atoms with Crippen LogP contribution in [0.4, 0.5) is 8.78 Å². The Labute approximate surface area is 95.2 Å². The summed E-state index contributed by atoms with van der Waals surface area (Å²) in [5.74, 6) is -0.711. The second-order valence-corrected chi connectivity index (χ2v) is 5.11. The highest BCUT2D eigenvalue weighted by molar-refractivity contribution is 8.13. The fraction of sp³-hybridized carbons (Fsp3) is 0.250. The zero-order valence-corrected chi connectivity index (χ0v) is 9.56. The third kappa shape index (κ3) is 2.96. The average molecular weight is 273 g/mol. The third-order valence-corrected chi connectivity index (χ3v) is 2.98. The van der Waals surface area contributed by atoms with Crippen LogP contribution in [0.3, 0.4) is 0 Å². The summed E-state index contributed by atoms with van der Waals surface area (Å²) in [6.07, 6.45) is 0. The van der Waals surface area contributed by atoms with Gasteiger partial charge in [-0.3, -0.25) is 0 Å². The van der Waals surface area contributed by atoms with Crippen LogP contribution in [-0.2, 0) is 9.05 Å². The van der Waals surface area contributed by atoms with Gasteiger partial charge in [0.25, 0.3) is 9.05 Å². The van der Waals surface area contributed by atoms with Gasteiger partial charge in [-0.05, 0) is 12.1 Å². The smallest absolute Gasteiger partial charge is 0.387 e. The molecule has 1 aromatic rings. The van der Waals surface area contributed by atoms with Crippen LogP contribution in [0.1, 0.15) is 0 Å². The quantitative estimate of drug-likeness (QED) is 0.789. The number of hydrogen-bond donors (Lipinski definition) is 0. The molecule has 0 fully saturated rings. The Morgan fingerprint density at radius 2 is 1.88 bits per heavy atom. The summed E-state index contributed by atoms with van der Waals surface area (Å²) in [5.41, 5.74) is 0. The first-order valence-electron chi connectivity index (χ1n) is 3.92. The van der Waals surface area contributed by atoms with Gasteiger partial charge in [0, 0.05) is 10.7 Å². The van der Waals surface area contributed by atoms with E-state index in [1.54, 1.807) is 0 Å². The van der Waals surface area contributed by atoms with E-state index in [4.69, 9.17) is 15.4 Å². The van der Waals surface area contributed by atoms with E-state index < -0.39 is 26.3 Å². The fourth-order valence-corrected chi connectivity index (χ4v) is 2.29. The largest absolute Gasteiger partial charge is 0.495 e. The summed E-state index contributed by atoms with van der Waals surface area (Å²) in [6.45, 7) is -3.15. The highest BCUT2D eigenvalue weighted by atomic mass is 35.7. The molecule has 0 unspecified atom stereocenters. The Bertz CT molecular complexity index is 475. The van der Waals surface area contributed by atoms with Gasteiger partial charge in [0.15, 0.2) is 4.90 Å². The minimum absolute atomic E-state index is 0.159. The number of hydrogen-bond acceptors (Lipinski definition) is 4. The second-order valence-electron chi connectivity index (χ2n) is 2.60. The van der Waals surface area contributed by atoms with Crippen LogP contribution < -0.4 is 9.47 Å². The first-order valence-corrected chi connectivity index (χ1v) is 6.23. The lowest BCUT2D eigenvalue weighted by molar-refractivity contribution is -0.0518. The van der Waals surface area contributed by atoms with Gasteiger partial charge in [0.05, 0.1) is 7.11 Å². The van der Waals surface area contributed by atoms with Crippen molar-refractivity contribution in [2.75, 3.05) is 7.11 Å². The SMILES string of the molecule is COc1cccc(OC(F)F)c1S(=O)(=O)Cl. The number of ether oxygens (including phenoxy) is 2. The van der Waals surface area contributed by atoms with Gasteiger partial charge >= 0.3 is 6.61 Å². The number of halogens is 3. The first-order chi connectivity index (χ1) is 7.36. The van der Waals surface area contributed by atoms with E-state index in [1.807, 2.05) is 0 Å². The first kappa shape index (κ1) is 13.0. The van der Waals surface area contributed by atoms with Crippen molar-refractivity contribution in [3.8, 4) is 11.5 Å². The van der Waals surface area contributed by atoms with Crippen molar-refractivity contribution in [1.82, 2.24) is 0 Å². The van der Waals surface area contributed by atoms with E-state index in [1.165, 1.54) is 19.2 Å². The molecule has 0 spiro atoms. The summed E-state index contributed by atoms with van der Waals surface area (Å²) in [7, 11) is 2.05. The van der Waals surface area contributed by atoms with Gasteiger partial charge in [-0.25, -0.2) is 8.42 Å². The van der Waals surface area contributed by atoms with Gasteiger partial charge in [-0.15, -0.1) is 0 Å². The minimum atomic E-state index is -4.23. The Morgan fingerprint density at radius 3 is 2.31 bits per heavy atom. The van der Waals surface area contributed by atoms with E-state index in [0.29, 0.717) is 0 Å². The molecule has 0 radical (unpaired) electrons. The normalized spacial score (nSPS) is 11.6. The van der Waals surface area contributed by atoms with Crippen LogP contribution in [0.2, 0.25) is 0 Å². The molecule has 1 aromatic carbocycles. The summed E-state index contributed by atoms with van der Waals surface area (Å²) in [4.78, 5) is -0.612. The summed E-state index contributed by atoms with van der Waals surface area (Å²) < 4.78 is 55.1. The highest BCUT2D eigenvalue weighted by Gasteiger charge is 2.24. The molecule has 1 rings (SSSR count). The molecule has 0 saturated carbocycles. The van der Waals surface area contributed by atoms with Gasteiger partial charge < -0.3 is 9.47 Å². The van der Waals surface area contributed by atoms with Crippen LogP contribution >= 0.6 is 10.7 Å². The monoisotopic (exact) mass is 272 g/mol. The van der Waals surface area contributed by atoms with Crippen LogP contribution in [0.15, 0.2) is 23.1 Å². The predicted octanol–water partition coefficient (Wildman–Crippen LogP) is 2.22. The molecule has 0 aliphatic rings. The Morgan fingerprint density at radius 1 is 1.31 bits per heavy atom. The molecule has 0 saturated heterocycles. The van der Waals surface area contributed by atoms with E-state index in [-0.39, 0.29) is 5.75 Å². The van der Waals surface area contributed by atoms with Crippen LogP contribution in [0.25, 0.3) is 0 Å². The Balaban J connectivity index is 3.38. The van der Waals surface area contributed by atoms with Gasteiger partial charge in [0.1, 0.15) is 11.5 Å². The van der Waals surface area contributed by atoms with Gasteiger partial charge in [0.2, 0.25) is 0 Å². The topological polar surface area (TPSA) is 52.6 Å². The summed E-state index contributed by atoms with van der Waals surface area (Å²) in [5, 5.41) is 0. The highest BCUT2D eigenvalue weighted by Crippen LogP contribution is 2.36. The number of benzene rings is 1. The van der Waals surface area contributed by atoms with E-state index in [2.05, 4.69) is 4.74 Å². The third-order valence-electron chi connectivity index (χ3n) is 1.62. The second kappa shape index (κ2) is 4.84. The maximum Gasteiger partial charge on any atom is 0.387 e. The molecule has 0 aliphatic heterocycles. The molecule has 0 aromatic heterocycles. The van der Waals surface area contributed by atoms with Crippen molar-refractivity contribution in [1.29, 1.82) is 0 Å². The van der Waals surface area contributed by atoms with Crippen molar-refractivity contribution in [2.24, 2.45) is 0 Å². The molecular weight excluding hydrogens is 266 g/mol. The number of rotatable bonds is 4. The minimum Gasteiger partial charge on any atom is -0.495 e. The Kier molecular flexibility index (Phi) is 3.93. The maximum absolute atomic E-state index is 12.0. The zero-order valence-electron chi connectivity index (χ0n) is 7.98. The Hall–Kier alpha value is -1.08. The van der Waals surface area contributed by atoms with Crippen LogP contribution in [-0.4, -0.2) is 22.1 Å². The molecule has 0 aliphatic carbocycles. The van der Waals surface area contributed by atoms with Crippen molar-refractivity contribution in [2.45, 2.75) is 11.5 Å². The van der Waals surface area contributed by atoms with E-state index in [9.17, 15) is 17.2 Å². The maximum atomic E-state index is 12.0. The molecular formula is C8H7ClF2O4S. The average Bonchev–Trinajstić information content (AvgIpc) is 2.14. The number of alkyl halides is 2. The van der Waals surface area contributed by atoms with Gasteiger partial charge in [-0.2, -0.15) is 8.78 Å².